The second kappa shape index (κ2) is 9.16. The summed E-state index contributed by atoms with van der Waals surface area (Å²) in [6.07, 6.45) is 6.97. The molecular formula is C27H30N6O. The second-order valence-corrected chi connectivity index (χ2v) is 9.62. The number of nitrogens with zero attached hydrogens (tertiary/aromatic N) is 4. The van der Waals surface area contributed by atoms with E-state index >= 15 is 0 Å². The van der Waals surface area contributed by atoms with Crippen molar-refractivity contribution in [1.29, 1.82) is 0 Å². The Morgan fingerprint density at radius 1 is 1.00 bits per heavy atom. The molecular weight excluding hydrogens is 424 g/mol. The first-order valence-electron chi connectivity index (χ1n) is 12.3. The van der Waals surface area contributed by atoms with Crippen molar-refractivity contribution in [3.05, 3.63) is 82.3 Å². The second-order valence-electron chi connectivity index (χ2n) is 9.62. The molecule has 0 spiro atoms. The van der Waals surface area contributed by atoms with Crippen LogP contribution in [0, 0.1) is 5.92 Å². The monoisotopic (exact) mass is 454 g/mol. The fourth-order valence-corrected chi connectivity index (χ4v) is 4.76. The zero-order valence-corrected chi connectivity index (χ0v) is 19.3. The average Bonchev–Trinajstić information content (AvgIpc) is 3.58. The number of piperazine rings is 1. The van der Waals surface area contributed by atoms with E-state index in [1.807, 2.05) is 35.2 Å². The number of benzene rings is 1. The van der Waals surface area contributed by atoms with E-state index < -0.39 is 0 Å². The van der Waals surface area contributed by atoms with Crippen LogP contribution in [0.1, 0.15) is 29.9 Å². The predicted molar refractivity (Wildman–Crippen MR) is 134 cm³/mol. The number of nitrogens with one attached hydrogen (secondary N) is 2. The SMILES string of the molecule is O=c1cc(-c2ccc3nc(Cc4cc(CN5CCNCC5)ccn4)[nH]c3c2)ccn1CC1CC1. The Morgan fingerprint density at radius 3 is 2.68 bits per heavy atom. The van der Waals surface area contributed by atoms with Gasteiger partial charge in [-0.2, -0.15) is 0 Å². The van der Waals surface area contributed by atoms with Gasteiger partial charge in [0.1, 0.15) is 5.82 Å². The number of rotatable bonds is 7. The Balaban J connectivity index is 1.19. The molecule has 0 amide bonds. The van der Waals surface area contributed by atoms with Crippen molar-refractivity contribution in [3.63, 3.8) is 0 Å². The zero-order valence-electron chi connectivity index (χ0n) is 19.3. The van der Waals surface area contributed by atoms with Gasteiger partial charge < -0.3 is 14.9 Å². The summed E-state index contributed by atoms with van der Waals surface area (Å²) in [7, 11) is 0. The average molecular weight is 455 g/mol. The minimum absolute atomic E-state index is 0.0709. The summed E-state index contributed by atoms with van der Waals surface area (Å²) in [4.78, 5) is 27.8. The number of imidazole rings is 1. The summed E-state index contributed by atoms with van der Waals surface area (Å²) in [6, 6.07) is 14.2. The lowest BCUT2D eigenvalue weighted by atomic mass is 10.1. The minimum atomic E-state index is 0.0709. The molecule has 2 aliphatic rings. The van der Waals surface area contributed by atoms with Crippen molar-refractivity contribution >= 4 is 11.0 Å². The third-order valence-electron chi connectivity index (χ3n) is 6.86. The van der Waals surface area contributed by atoms with Gasteiger partial charge in [-0.3, -0.25) is 14.7 Å². The lowest BCUT2D eigenvalue weighted by Gasteiger charge is -2.27. The number of aromatic nitrogens is 4. The van der Waals surface area contributed by atoms with Gasteiger partial charge in [0.25, 0.3) is 5.56 Å². The quantitative estimate of drug-likeness (QED) is 0.448. The molecule has 2 N–H and O–H groups in total. The maximum Gasteiger partial charge on any atom is 0.251 e. The topological polar surface area (TPSA) is 78.8 Å². The van der Waals surface area contributed by atoms with Gasteiger partial charge in [0, 0.05) is 69.8 Å². The van der Waals surface area contributed by atoms with E-state index in [4.69, 9.17) is 4.98 Å². The van der Waals surface area contributed by atoms with Crippen molar-refractivity contribution in [2.45, 2.75) is 32.4 Å². The molecule has 0 unspecified atom stereocenters. The van der Waals surface area contributed by atoms with E-state index in [1.54, 1.807) is 6.07 Å². The third-order valence-corrected chi connectivity index (χ3v) is 6.86. The normalized spacial score (nSPS) is 16.8. The van der Waals surface area contributed by atoms with Crippen molar-refractivity contribution in [1.82, 2.24) is 29.7 Å². The Labute approximate surface area is 198 Å². The molecule has 3 aromatic heterocycles. The minimum Gasteiger partial charge on any atom is -0.342 e. The van der Waals surface area contributed by atoms with E-state index in [9.17, 15) is 4.79 Å². The van der Waals surface area contributed by atoms with Gasteiger partial charge in [-0.05, 0) is 65.8 Å². The Bertz CT molecular complexity index is 1360. The predicted octanol–water partition coefficient (Wildman–Crippen LogP) is 3.19. The molecule has 1 saturated heterocycles. The molecule has 4 aromatic rings. The van der Waals surface area contributed by atoms with Crippen LogP contribution in [0.15, 0.2) is 59.7 Å². The largest absolute Gasteiger partial charge is 0.342 e. The van der Waals surface area contributed by atoms with E-state index in [2.05, 4.69) is 38.4 Å². The van der Waals surface area contributed by atoms with Gasteiger partial charge in [0.05, 0.1) is 11.0 Å². The van der Waals surface area contributed by atoms with Gasteiger partial charge in [-0.1, -0.05) is 6.07 Å². The maximum atomic E-state index is 12.5. The number of H-pyrrole nitrogens is 1. The fraction of sp³-hybridized carbons (Fsp3) is 0.370. The van der Waals surface area contributed by atoms with Crippen LogP contribution in [-0.2, 0) is 19.5 Å². The van der Waals surface area contributed by atoms with Crippen LogP contribution in [0.4, 0.5) is 0 Å². The standard InChI is InChI=1S/C27H30N6O/c34-27-15-22(6-10-33(27)18-19-1-2-19)21-3-4-24-25(14-21)31-26(30-24)16-23-13-20(5-7-29-23)17-32-11-8-28-9-12-32/h3-7,10,13-15,19,28H,1-2,8-9,11-12,16-18H2,(H,30,31). The molecule has 0 radical (unpaired) electrons. The molecule has 1 aliphatic heterocycles. The number of fused-ring (bicyclic) bond motifs is 1. The molecule has 1 saturated carbocycles. The van der Waals surface area contributed by atoms with Crippen LogP contribution in [0.5, 0.6) is 0 Å². The highest BCUT2D eigenvalue weighted by atomic mass is 16.1. The van der Waals surface area contributed by atoms with Crippen molar-refractivity contribution < 1.29 is 0 Å². The van der Waals surface area contributed by atoms with Crippen LogP contribution >= 0.6 is 0 Å². The molecule has 7 heteroatoms. The van der Waals surface area contributed by atoms with E-state index in [0.717, 1.165) is 72.9 Å². The van der Waals surface area contributed by atoms with Crippen LogP contribution < -0.4 is 10.9 Å². The first kappa shape index (κ1) is 21.3. The van der Waals surface area contributed by atoms with Gasteiger partial charge in [-0.25, -0.2) is 4.98 Å². The smallest absolute Gasteiger partial charge is 0.251 e. The summed E-state index contributed by atoms with van der Waals surface area (Å²) in [5.74, 6) is 1.58. The van der Waals surface area contributed by atoms with Crippen molar-refractivity contribution in [2.24, 2.45) is 5.92 Å². The van der Waals surface area contributed by atoms with Crippen LogP contribution in [0.3, 0.4) is 0 Å². The molecule has 1 aliphatic carbocycles. The fourth-order valence-electron chi connectivity index (χ4n) is 4.76. The van der Waals surface area contributed by atoms with Crippen molar-refractivity contribution in [2.75, 3.05) is 26.2 Å². The number of aromatic amines is 1. The lowest BCUT2D eigenvalue weighted by Crippen LogP contribution is -2.42. The third kappa shape index (κ3) is 4.81. The maximum absolute atomic E-state index is 12.5. The van der Waals surface area contributed by atoms with Gasteiger partial charge in [-0.15, -0.1) is 0 Å². The van der Waals surface area contributed by atoms with Crippen LogP contribution in [0.2, 0.25) is 0 Å². The molecule has 4 heterocycles. The summed E-state index contributed by atoms with van der Waals surface area (Å²) >= 11 is 0. The molecule has 0 atom stereocenters. The van der Waals surface area contributed by atoms with Crippen LogP contribution in [-0.4, -0.2) is 50.6 Å². The van der Waals surface area contributed by atoms with E-state index in [-0.39, 0.29) is 5.56 Å². The van der Waals surface area contributed by atoms with Gasteiger partial charge in [0.2, 0.25) is 0 Å². The summed E-state index contributed by atoms with van der Waals surface area (Å²) in [5, 5.41) is 3.40. The van der Waals surface area contributed by atoms with Gasteiger partial charge >= 0.3 is 0 Å². The molecule has 1 aromatic carbocycles. The molecule has 174 valence electrons. The van der Waals surface area contributed by atoms with Gasteiger partial charge in [0.15, 0.2) is 0 Å². The van der Waals surface area contributed by atoms with Crippen LogP contribution in [0.25, 0.3) is 22.2 Å². The van der Waals surface area contributed by atoms with E-state index in [0.29, 0.717) is 12.3 Å². The Kier molecular flexibility index (Phi) is 5.73. The number of hydrogen-bond donors (Lipinski definition) is 2. The Morgan fingerprint density at radius 2 is 1.85 bits per heavy atom. The van der Waals surface area contributed by atoms with Crippen molar-refractivity contribution in [3.8, 4) is 11.1 Å². The number of pyridine rings is 2. The first-order valence-corrected chi connectivity index (χ1v) is 12.3. The van der Waals surface area contributed by atoms with E-state index in [1.165, 1.54) is 18.4 Å². The molecule has 0 bridgehead atoms. The number of hydrogen-bond acceptors (Lipinski definition) is 5. The highest BCUT2D eigenvalue weighted by Crippen LogP contribution is 2.30. The lowest BCUT2D eigenvalue weighted by molar-refractivity contribution is 0.233. The molecule has 2 fully saturated rings. The molecule has 7 nitrogen and oxygen atoms in total. The Hall–Kier alpha value is -3.29. The molecule has 6 rings (SSSR count). The zero-order chi connectivity index (χ0) is 22.9. The highest BCUT2D eigenvalue weighted by Gasteiger charge is 2.22. The summed E-state index contributed by atoms with van der Waals surface area (Å²) < 4.78 is 1.83. The first-order chi connectivity index (χ1) is 16.7. The summed E-state index contributed by atoms with van der Waals surface area (Å²) in [6.45, 7) is 6.07. The highest BCUT2D eigenvalue weighted by molar-refractivity contribution is 5.82. The molecule has 34 heavy (non-hydrogen) atoms. The summed E-state index contributed by atoms with van der Waals surface area (Å²) in [5.41, 5.74) is 6.26.